The third kappa shape index (κ3) is 1.90. The van der Waals surface area contributed by atoms with Gasteiger partial charge >= 0.3 is 0 Å². The zero-order chi connectivity index (χ0) is 10.8. The van der Waals surface area contributed by atoms with E-state index in [0.717, 1.165) is 5.56 Å². The number of carbonyl (C=O) groups excluding carboxylic acids is 1. The van der Waals surface area contributed by atoms with Gasteiger partial charge in [-0.1, -0.05) is 19.1 Å². The molecular weight excluding hydrogens is 198 g/mol. The molecule has 0 saturated carbocycles. The highest BCUT2D eigenvalue weighted by atomic mass is 35.5. The van der Waals surface area contributed by atoms with Crippen LogP contribution in [0.2, 0.25) is 0 Å². The molecule has 14 heavy (non-hydrogen) atoms. The molecule has 0 saturated heterocycles. The number of hydrogen-bond donors (Lipinski definition) is 1. The largest absolute Gasteiger partial charge is 0.399 e. The predicted molar refractivity (Wildman–Crippen MR) is 59.4 cm³/mol. The summed E-state index contributed by atoms with van der Waals surface area (Å²) < 4.78 is 0. The van der Waals surface area contributed by atoms with Gasteiger partial charge in [0.05, 0.1) is 5.41 Å². The average molecular weight is 212 g/mol. The number of anilines is 1. The molecule has 0 aliphatic rings. The molecule has 0 aliphatic carbocycles. The fourth-order valence-corrected chi connectivity index (χ4v) is 1.58. The molecule has 3 heteroatoms. The molecule has 0 spiro atoms. The molecule has 0 aromatic heterocycles. The van der Waals surface area contributed by atoms with Crippen molar-refractivity contribution in [3.8, 4) is 0 Å². The Morgan fingerprint density at radius 3 is 2.64 bits per heavy atom. The molecule has 2 N–H and O–H groups in total. The standard InChI is InChI=1S/C11H14ClNO/c1-3-11(2,10(12)14)8-5-4-6-9(13)7-8/h4-7H,3,13H2,1-2H3. The van der Waals surface area contributed by atoms with Crippen LogP contribution in [0, 0.1) is 0 Å². The number of rotatable bonds is 3. The van der Waals surface area contributed by atoms with Crippen molar-refractivity contribution in [2.75, 3.05) is 5.73 Å². The monoisotopic (exact) mass is 211 g/mol. The minimum Gasteiger partial charge on any atom is -0.399 e. The second kappa shape index (κ2) is 4.01. The molecule has 76 valence electrons. The van der Waals surface area contributed by atoms with Gasteiger partial charge in [0.15, 0.2) is 0 Å². The first-order valence-corrected chi connectivity index (χ1v) is 4.94. The van der Waals surface area contributed by atoms with Crippen LogP contribution in [0.1, 0.15) is 25.8 Å². The molecule has 1 unspecified atom stereocenters. The van der Waals surface area contributed by atoms with E-state index in [1.54, 1.807) is 12.1 Å². The van der Waals surface area contributed by atoms with Crippen molar-refractivity contribution in [1.82, 2.24) is 0 Å². The maximum absolute atomic E-state index is 11.3. The highest BCUT2D eigenvalue weighted by molar-refractivity contribution is 6.65. The van der Waals surface area contributed by atoms with Crippen LogP contribution in [0.25, 0.3) is 0 Å². The molecule has 1 aromatic carbocycles. The summed E-state index contributed by atoms with van der Waals surface area (Å²) in [7, 11) is 0. The predicted octanol–water partition coefficient (Wildman–Crippen LogP) is 2.70. The Morgan fingerprint density at radius 2 is 2.21 bits per heavy atom. The summed E-state index contributed by atoms with van der Waals surface area (Å²) in [5.74, 6) is 0. The molecule has 0 amide bonds. The third-order valence-corrected chi connectivity index (χ3v) is 3.08. The van der Waals surface area contributed by atoms with E-state index in [0.29, 0.717) is 12.1 Å². The Kier molecular flexibility index (Phi) is 3.17. The summed E-state index contributed by atoms with van der Waals surface area (Å²) in [6, 6.07) is 7.29. The molecule has 0 radical (unpaired) electrons. The van der Waals surface area contributed by atoms with Crippen LogP contribution >= 0.6 is 11.6 Å². The van der Waals surface area contributed by atoms with E-state index in [9.17, 15) is 4.79 Å². The minimum atomic E-state index is -0.628. The summed E-state index contributed by atoms with van der Waals surface area (Å²) in [6.45, 7) is 3.76. The van der Waals surface area contributed by atoms with Gasteiger partial charge in [0.1, 0.15) is 0 Å². The lowest BCUT2D eigenvalue weighted by atomic mass is 9.81. The van der Waals surface area contributed by atoms with Crippen LogP contribution in [0.4, 0.5) is 5.69 Å². The van der Waals surface area contributed by atoms with Gasteiger partial charge in [0.2, 0.25) is 5.24 Å². The lowest BCUT2D eigenvalue weighted by molar-refractivity contribution is -0.116. The van der Waals surface area contributed by atoms with E-state index < -0.39 is 5.41 Å². The first-order valence-electron chi connectivity index (χ1n) is 4.56. The zero-order valence-corrected chi connectivity index (χ0v) is 9.14. The molecule has 1 rings (SSSR count). The van der Waals surface area contributed by atoms with Crippen molar-refractivity contribution in [2.45, 2.75) is 25.7 Å². The van der Waals surface area contributed by atoms with Crippen LogP contribution < -0.4 is 5.73 Å². The van der Waals surface area contributed by atoms with Gasteiger partial charge in [-0.2, -0.15) is 0 Å². The van der Waals surface area contributed by atoms with Gasteiger partial charge in [-0.05, 0) is 42.6 Å². The van der Waals surface area contributed by atoms with Gasteiger partial charge in [-0.25, -0.2) is 0 Å². The smallest absolute Gasteiger partial charge is 0.231 e. The molecule has 0 fully saturated rings. The van der Waals surface area contributed by atoms with Gasteiger partial charge in [0, 0.05) is 5.69 Å². The van der Waals surface area contributed by atoms with Crippen molar-refractivity contribution < 1.29 is 4.79 Å². The van der Waals surface area contributed by atoms with E-state index in [1.807, 2.05) is 26.0 Å². The Hall–Kier alpha value is -1.02. The summed E-state index contributed by atoms with van der Waals surface area (Å²) in [6.07, 6.45) is 0.665. The van der Waals surface area contributed by atoms with Crippen LogP contribution in [0.15, 0.2) is 24.3 Å². The quantitative estimate of drug-likeness (QED) is 0.617. The average Bonchev–Trinajstić information content (AvgIpc) is 2.16. The molecule has 0 aliphatic heterocycles. The second-order valence-corrected chi connectivity index (χ2v) is 3.93. The molecule has 1 aromatic rings. The summed E-state index contributed by atoms with van der Waals surface area (Å²) in [5.41, 5.74) is 6.56. The molecule has 0 heterocycles. The summed E-state index contributed by atoms with van der Waals surface area (Å²) in [4.78, 5) is 11.3. The van der Waals surface area contributed by atoms with Gasteiger partial charge in [0.25, 0.3) is 0 Å². The Bertz CT molecular complexity index is 351. The van der Waals surface area contributed by atoms with Crippen LogP contribution in [-0.2, 0) is 10.2 Å². The SMILES string of the molecule is CCC(C)(C(=O)Cl)c1cccc(N)c1. The van der Waals surface area contributed by atoms with Crippen LogP contribution in [-0.4, -0.2) is 5.24 Å². The summed E-state index contributed by atoms with van der Waals surface area (Å²) in [5, 5.41) is -0.342. The zero-order valence-electron chi connectivity index (χ0n) is 8.38. The molecule has 1 atom stereocenters. The van der Waals surface area contributed by atoms with E-state index in [2.05, 4.69) is 0 Å². The van der Waals surface area contributed by atoms with Crippen molar-refractivity contribution in [1.29, 1.82) is 0 Å². The normalized spacial score (nSPS) is 14.8. The van der Waals surface area contributed by atoms with Crippen LogP contribution in [0.5, 0.6) is 0 Å². The topological polar surface area (TPSA) is 43.1 Å². The Morgan fingerprint density at radius 1 is 1.57 bits per heavy atom. The van der Waals surface area contributed by atoms with E-state index in [-0.39, 0.29) is 5.24 Å². The van der Waals surface area contributed by atoms with E-state index in [1.165, 1.54) is 0 Å². The number of carbonyl (C=O) groups is 1. The van der Waals surface area contributed by atoms with Gasteiger partial charge < -0.3 is 5.73 Å². The Balaban J connectivity index is 3.19. The third-order valence-electron chi connectivity index (χ3n) is 2.66. The van der Waals surface area contributed by atoms with Crippen molar-refractivity contribution in [2.24, 2.45) is 0 Å². The van der Waals surface area contributed by atoms with Crippen molar-refractivity contribution in [3.63, 3.8) is 0 Å². The lowest BCUT2D eigenvalue weighted by Crippen LogP contribution is -2.28. The minimum absolute atomic E-state index is 0.342. The fraction of sp³-hybridized carbons (Fsp3) is 0.364. The molecular formula is C11H14ClNO. The molecule has 2 nitrogen and oxygen atoms in total. The van der Waals surface area contributed by atoms with E-state index >= 15 is 0 Å². The van der Waals surface area contributed by atoms with Crippen LogP contribution in [0.3, 0.4) is 0 Å². The Labute approximate surface area is 89.1 Å². The van der Waals surface area contributed by atoms with Crippen molar-refractivity contribution in [3.05, 3.63) is 29.8 Å². The maximum atomic E-state index is 11.3. The number of nitrogen functional groups attached to an aromatic ring is 1. The second-order valence-electron chi connectivity index (χ2n) is 3.58. The van der Waals surface area contributed by atoms with Gasteiger partial charge in [-0.15, -0.1) is 0 Å². The maximum Gasteiger partial charge on any atom is 0.231 e. The highest BCUT2D eigenvalue weighted by Crippen LogP contribution is 2.30. The lowest BCUT2D eigenvalue weighted by Gasteiger charge is -2.24. The number of halogens is 1. The highest BCUT2D eigenvalue weighted by Gasteiger charge is 2.31. The number of nitrogens with two attached hydrogens (primary N) is 1. The first-order chi connectivity index (χ1) is 6.50. The van der Waals surface area contributed by atoms with Crippen molar-refractivity contribution >= 4 is 22.5 Å². The number of benzene rings is 1. The summed E-state index contributed by atoms with van der Waals surface area (Å²) >= 11 is 5.59. The fourth-order valence-electron chi connectivity index (χ4n) is 1.34. The molecule has 0 bridgehead atoms. The number of hydrogen-bond acceptors (Lipinski definition) is 2. The van der Waals surface area contributed by atoms with Gasteiger partial charge in [-0.3, -0.25) is 4.79 Å². The first kappa shape index (κ1) is 11.1. The van der Waals surface area contributed by atoms with E-state index in [4.69, 9.17) is 17.3 Å².